The number of carbonyl (C=O) groups is 3. The molecule has 39 heavy (non-hydrogen) atoms. The van der Waals surface area contributed by atoms with Crippen molar-refractivity contribution in [1.29, 1.82) is 0 Å². The summed E-state index contributed by atoms with van der Waals surface area (Å²) in [5.74, 6) is -1.86. The number of aliphatic hydroxyl groups is 1. The molecule has 0 aromatic heterocycles. The minimum Gasteiger partial charge on any atom is -0.494 e. The Morgan fingerprint density at radius 3 is 2.31 bits per heavy atom. The summed E-state index contributed by atoms with van der Waals surface area (Å²) < 4.78 is 12.2. The lowest BCUT2D eigenvalue weighted by atomic mass is 9.65. The Morgan fingerprint density at radius 2 is 1.69 bits per heavy atom. The van der Waals surface area contributed by atoms with E-state index in [2.05, 4.69) is 10.6 Å². The summed E-state index contributed by atoms with van der Waals surface area (Å²) in [6.07, 6.45) is 1.88. The van der Waals surface area contributed by atoms with E-state index in [4.69, 9.17) is 21.1 Å². The van der Waals surface area contributed by atoms with Crippen LogP contribution < -0.4 is 15.4 Å². The number of anilines is 2. The molecule has 3 heterocycles. The van der Waals surface area contributed by atoms with Crippen molar-refractivity contribution in [3.63, 3.8) is 0 Å². The van der Waals surface area contributed by atoms with Gasteiger partial charge in [0.05, 0.1) is 24.0 Å². The molecule has 5 atom stereocenters. The molecule has 0 aliphatic carbocycles. The minimum atomic E-state index is -1.14. The van der Waals surface area contributed by atoms with Gasteiger partial charge in [0.25, 0.3) is 0 Å². The van der Waals surface area contributed by atoms with Crippen molar-refractivity contribution in [3.8, 4) is 5.75 Å². The molecule has 3 aliphatic rings. The van der Waals surface area contributed by atoms with Crippen LogP contribution in [0.15, 0.2) is 48.5 Å². The third kappa shape index (κ3) is 4.66. The Kier molecular flexibility index (Phi) is 7.59. The zero-order chi connectivity index (χ0) is 27.8. The van der Waals surface area contributed by atoms with Crippen LogP contribution in [0.3, 0.4) is 0 Å². The lowest BCUT2D eigenvalue weighted by Gasteiger charge is -2.34. The number of fused-ring (bicyclic) bond motifs is 1. The summed E-state index contributed by atoms with van der Waals surface area (Å²) >= 11 is 6.00. The van der Waals surface area contributed by atoms with E-state index in [0.29, 0.717) is 54.4 Å². The number of benzene rings is 2. The van der Waals surface area contributed by atoms with Crippen LogP contribution in [0.1, 0.15) is 39.5 Å². The van der Waals surface area contributed by atoms with Crippen LogP contribution in [0.25, 0.3) is 0 Å². The number of amides is 3. The number of hydrogen-bond donors (Lipinski definition) is 3. The summed E-state index contributed by atoms with van der Waals surface area (Å²) in [6, 6.07) is 12.9. The third-order valence-electron chi connectivity index (χ3n) is 8.31. The Morgan fingerprint density at radius 1 is 1.05 bits per heavy atom. The number of ether oxygens (including phenoxy) is 2. The quantitative estimate of drug-likeness (QED) is 0.410. The molecule has 0 saturated carbocycles. The molecule has 1 spiro atoms. The van der Waals surface area contributed by atoms with Gasteiger partial charge in [0.1, 0.15) is 17.4 Å². The second-order valence-corrected chi connectivity index (χ2v) is 10.8. The monoisotopic (exact) mass is 555 g/mol. The molecule has 2 unspecified atom stereocenters. The highest BCUT2D eigenvalue weighted by atomic mass is 35.5. The van der Waals surface area contributed by atoms with Gasteiger partial charge >= 0.3 is 0 Å². The number of carbonyl (C=O) groups excluding carboxylic acids is 3. The molecule has 3 fully saturated rings. The Labute approximate surface area is 232 Å². The van der Waals surface area contributed by atoms with Gasteiger partial charge in [0.2, 0.25) is 17.7 Å². The van der Waals surface area contributed by atoms with Crippen molar-refractivity contribution in [3.05, 3.63) is 53.6 Å². The van der Waals surface area contributed by atoms with Crippen molar-refractivity contribution >= 4 is 40.7 Å². The first-order valence-electron chi connectivity index (χ1n) is 13.5. The van der Waals surface area contributed by atoms with Crippen LogP contribution in [0, 0.1) is 11.8 Å². The number of aliphatic hydroxyl groups excluding tert-OH is 1. The highest BCUT2D eigenvalue weighted by Gasteiger charge is 2.78. The van der Waals surface area contributed by atoms with Crippen LogP contribution in [-0.2, 0) is 19.1 Å². The zero-order valence-corrected chi connectivity index (χ0v) is 22.9. The number of likely N-dealkylation sites (tertiary alicyclic amines) is 1. The SMILES string of the molecule is CCOc1ccc(NC(=O)[C@@H]2[C@H]3C(=O)N(CCCO)C(C(=O)Nc4ccc(Cl)cc4)C34CC[C@@]2(CC)O4)cc1. The van der Waals surface area contributed by atoms with Gasteiger partial charge in [-0.15, -0.1) is 0 Å². The van der Waals surface area contributed by atoms with E-state index in [1.165, 1.54) is 4.90 Å². The predicted molar refractivity (Wildman–Crippen MR) is 147 cm³/mol. The average Bonchev–Trinajstić information content (AvgIpc) is 3.53. The number of nitrogens with one attached hydrogen (secondary N) is 2. The molecule has 208 valence electrons. The normalized spacial score (nSPS) is 28.9. The maximum Gasteiger partial charge on any atom is 0.250 e. The van der Waals surface area contributed by atoms with Gasteiger partial charge in [-0.3, -0.25) is 14.4 Å². The van der Waals surface area contributed by atoms with Crippen LogP contribution in [-0.4, -0.2) is 64.7 Å². The molecule has 3 N–H and O–H groups in total. The van der Waals surface area contributed by atoms with E-state index in [9.17, 15) is 19.5 Å². The minimum absolute atomic E-state index is 0.131. The summed E-state index contributed by atoms with van der Waals surface area (Å²) in [7, 11) is 0. The molecule has 10 heteroatoms. The zero-order valence-electron chi connectivity index (χ0n) is 22.1. The number of halogens is 1. The van der Waals surface area contributed by atoms with Gasteiger partial charge in [-0.05, 0) is 81.1 Å². The maximum absolute atomic E-state index is 14.0. The third-order valence-corrected chi connectivity index (χ3v) is 8.57. The second-order valence-electron chi connectivity index (χ2n) is 10.4. The molecule has 3 saturated heterocycles. The Bertz CT molecular complexity index is 1240. The van der Waals surface area contributed by atoms with Crippen molar-refractivity contribution in [1.82, 2.24) is 4.90 Å². The predicted octanol–water partition coefficient (Wildman–Crippen LogP) is 3.85. The summed E-state index contributed by atoms with van der Waals surface area (Å²) in [5, 5.41) is 15.9. The van der Waals surface area contributed by atoms with Crippen molar-refractivity contribution in [2.45, 2.75) is 56.8 Å². The van der Waals surface area contributed by atoms with E-state index >= 15 is 0 Å². The first-order valence-corrected chi connectivity index (χ1v) is 13.9. The van der Waals surface area contributed by atoms with Gasteiger partial charge in [0, 0.05) is 29.5 Å². The largest absolute Gasteiger partial charge is 0.494 e. The summed E-state index contributed by atoms with van der Waals surface area (Å²) in [6.45, 7) is 4.44. The molecular weight excluding hydrogens is 522 g/mol. The van der Waals surface area contributed by atoms with E-state index < -0.39 is 29.1 Å². The van der Waals surface area contributed by atoms with Gasteiger partial charge in [-0.1, -0.05) is 18.5 Å². The lowest BCUT2D eigenvalue weighted by molar-refractivity contribution is -0.144. The maximum atomic E-state index is 14.0. The first kappa shape index (κ1) is 27.4. The van der Waals surface area contributed by atoms with E-state index in [1.54, 1.807) is 48.5 Å². The van der Waals surface area contributed by atoms with E-state index in [-0.39, 0.29) is 30.9 Å². The van der Waals surface area contributed by atoms with E-state index in [1.807, 2.05) is 13.8 Å². The number of nitrogens with zero attached hydrogens (tertiary/aromatic N) is 1. The molecule has 9 nitrogen and oxygen atoms in total. The number of rotatable bonds is 10. The second kappa shape index (κ2) is 10.8. The summed E-state index contributed by atoms with van der Waals surface area (Å²) in [4.78, 5) is 43.1. The smallest absolute Gasteiger partial charge is 0.250 e. The standard InChI is InChI=1S/C29H34ClN3O6/c1-3-28-14-15-29(39-28)23(22(28)25(35)31-20-10-12-21(13-11-20)38-4-2)27(37)33(16-5-17-34)24(29)26(36)32-19-8-6-18(30)7-9-19/h6-13,22-24,34H,3-5,14-17H2,1-2H3,(H,31,35)(H,32,36)/t22-,23-,24?,28+,29?/m0/s1. The molecule has 3 aliphatic heterocycles. The molecule has 2 aromatic rings. The number of hydrogen-bond acceptors (Lipinski definition) is 6. The van der Waals surface area contributed by atoms with Crippen molar-refractivity contribution in [2.24, 2.45) is 11.8 Å². The fraction of sp³-hybridized carbons (Fsp3) is 0.483. The van der Waals surface area contributed by atoms with Crippen LogP contribution >= 0.6 is 11.6 Å². The van der Waals surface area contributed by atoms with Gasteiger partial charge in [-0.2, -0.15) is 0 Å². The fourth-order valence-electron chi connectivity index (χ4n) is 6.66. The van der Waals surface area contributed by atoms with Crippen molar-refractivity contribution in [2.75, 3.05) is 30.4 Å². The molecule has 5 rings (SSSR count). The average molecular weight is 556 g/mol. The molecular formula is C29H34ClN3O6. The van der Waals surface area contributed by atoms with Crippen LogP contribution in [0.5, 0.6) is 5.75 Å². The lowest BCUT2D eigenvalue weighted by Crippen LogP contribution is -2.53. The van der Waals surface area contributed by atoms with Crippen LogP contribution in [0.4, 0.5) is 11.4 Å². The topological polar surface area (TPSA) is 117 Å². The molecule has 3 amide bonds. The summed E-state index contributed by atoms with van der Waals surface area (Å²) in [5.41, 5.74) is -0.857. The highest BCUT2D eigenvalue weighted by Crippen LogP contribution is 2.64. The highest BCUT2D eigenvalue weighted by molar-refractivity contribution is 6.30. The first-order chi connectivity index (χ1) is 18.8. The fourth-order valence-corrected chi connectivity index (χ4v) is 6.79. The van der Waals surface area contributed by atoms with Crippen molar-refractivity contribution < 1.29 is 29.0 Å². The van der Waals surface area contributed by atoms with Gasteiger partial charge in [-0.25, -0.2) is 0 Å². The Balaban J connectivity index is 1.47. The molecule has 2 bridgehead atoms. The van der Waals surface area contributed by atoms with Crippen LogP contribution in [0.2, 0.25) is 5.02 Å². The van der Waals surface area contributed by atoms with Gasteiger partial charge < -0.3 is 30.1 Å². The van der Waals surface area contributed by atoms with E-state index in [0.717, 1.165) is 0 Å². The van der Waals surface area contributed by atoms with Gasteiger partial charge in [0.15, 0.2) is 0 Å². The molecule has 2 aromatic carbocycles. The Hall–Kier alpha value is -3.14. The molecule has 0 radical (unpaired) electrons.